The van der Waals surface area contributed by atoms with Crippen LogP contribution in [0.15, 0.2) is 36.5 Å². The molecule has 1 heterocycles. The maximum atomic E-state index is 5.69. The fourth-order valence-electron chi connectivity index (χ4n) is 1.93. The van der Waals surface area contributed by atoms with Crippen LogP contribution in [-0.4, -0.2) is 25.3 Å². The SMILES string of the molecule is CCOc1ccc(-c2cc(OC)ccn2)c(OCC)c1. The first-order valence-corrected chi connectivity index (χ1v) is 6.68. The van der Waals surface area contributed by atoms with Crippen LogP contribution < -0.4 is 14.2 Å². The minimum Gasteiger partial charge on any atom is -0.497 e. The second-order valence-electron chi connectivity index (χ2n) is 4.10. The monoisotopic (exact) mass is 273 g/mol. The molecule has 0 spiro atoms. The predicted molar refractivity (Wildman–Crippen MR) is 78.6 cm³/mol. The van der Waals surface area contributed by atoms with Gasteiger partial charge in [0.05, 0.1) is 26.0 Å². The third-order valence-electron chi connectivity index (χ3n) is 2.81. The fraction of sp³-hybridized carbons (Fsp3) is 0.312. The molecule has 0 bridgehead atoms. The quantitative estimate of drug-likeness (QED) is 0.807. The highest BCUT2D eigenvalue weighted by molar-refractivity contribution is 5.69. The normalized spacial score (nSPS) is 10.2. The van der Waals surface area contributed by atoms with E-state index in [1.54, 1.807) is 13.3 Å². The minimum absolute atomic E-state index is 0.590. The van der Waals surface area contributed by atoms with Crippen LogP contribution in [0.5, 0.6) is 17.2 Å². The number of pyridine rings is 1. The first kappa shape index (κ1) is 14.2. The Morgan fingerprint density at radius 1 is 0.950 bits per heavy atom. The van der Waals surface area contributed by atoms with Crippen molar-refractivity contribution in [2.45, 2.75) is 13.8 Å². The highest BCUT2D eigenvalue weighted by Gasteiger charge is 2.10. The third-order valence-corrected chi connectivity index (χ3v) is 2.81. The van der Waals surface area contributed by atoms with Gasteiger partial charge in [-0.1, -0.05) is 0 Å². The van der Waals surface area contributed by atoms with E-state index >= 15 is 0 Å². The highest BCUT2D eigenvalue weighted by atomic mass is 16.5. The predicted octanol–water partition coefficient (Wildman–Crippen LogP) is 3.55. The molecule has 0 aliphatic rings. The maximum Gasteiger partial charge on any atom is 0.132 e. The van der Waals surface area contributed by atoms with Gasteiger partial charge in [-0.2, -0.15) is 0 Å². The van der Waals surface area contributed by atoms with E-state index in [1.807, 2.05) is 44.2 Å². The Morgan fingerprint density at radius 3 is 2.45 bits per heavy atom. The van der Waals surface area contributed by atoms with Crippen molar-refractivity contribution in [2.24, 2.45) is 0 Å². The van der Waals surface area contributed by atoms with Crippen LogP contribution >= 0.6 is 0 Å². The van der Waals surface area contributed by atoms with E-state index in [1.165, 1.54) is 0 Å². The van der Waals surface area contributed by atoms with Crippen molar-refractivity contribution >= 4 is 0 Å². The van der Waals surface area contributed by atoms with Crippen LogP contribution in [0.2, 0.25) is 0 Å². The summed E-state index contributed by atoms with van der Waals surface area (Å²) in [5.74, 6) is 2.33. The van der Waals surface area contributed by atoms with E-state index < -0.39 is 0 Å². The number of aromatic nitrogens is 1. The van der Waals surface area contributed by atoms with Gasteiger partial charge >= 0.3 is 0 Å². The molecule has 2 rings (SSSR count). The molecule has 2 aromatic rings. The van der Waals surface area contributed by atoms with Gasteiger partial charge in [-0.05, 0) is 32.0 Å². The number of hydrogen-bond acceptors (Lipinski definition) is 4. The van der Waals surface area contributed by atoms with Gasteiger partial charge in [0.1, 0.15) is 17.2 Å². The average Bonchev–Trinajstić information content (AvgIpc) is 2.48. The third kappa shape index (κ3) is 3.20. The zero-order valence-electron chi connectivity index (χ0n) is 12.1. The second-order valence-corrected chi connectivity index (χ2v) is 4.10. The van der Waals surface area contributed by atoms with Crippen LogP contribution in [0.4, 0.5) is 0 Å². The van der Waals surface area contributed by atoms with Crippen molar-refractivity contribution in [1.82, 2.24) is 4.98 Å². The molecule has 106 valence electrons. The zero-order valence-corrected chi connectivity index (χ0v) is 12.1. The molecule has 1 aromatic heterocycles. The van der Waals surface area contributed by atoms with E-state index in [2.05, 4.69) is 4.98 Å². The van der Waals surface area contributed by atoms with E-state index in [0.717, 1.165) is 28.5 Å². The summed E-state index contributed by atoms with van der Waals surface area (Å²) in [6.45, 7) is 5.13. The molecule has 0 N–H and O–H groups in total. The Balaban J connectivity index is 2.43. The number of rotatable bonds is 6. The lowest BCUT2D eigenvalue weighted by molar-refractivity contribution is 0.324. The van der Waals surface area contributed by atoms with Crippen LogP contribution in [0.1, 0.15) is 13.8 Å². The summed E-state index contributed by atoms with van der Waals surface area (Å²) in [5.41, 5.74) is 1.74. The van der Waals surface area contributed by atoms with E-state index in [4.69, 9.17) is 14.2 Å². The van der Waals surface area contributed by atoms with Gasteiger partial charge < -0.3 is 14.2 Å². The number of benzene rings is 1. The molecule has 0 atom stereocenters. The summed E-state index contributed by atoms with van der Waals surface area (Å²) in [5, 5.41) is 0. The highest BCUT2D eigenvalue weighted by Crippen LogP contribution is 2.33. The summed E-state index contributed by atoms with van der Waals surface area (Å²) in [6, 6.07) is 9.47. The van der Waals surface area contributed by atoms with Crippen LogP contribution in [0.3, 0.4) is 0 Å². The molecule has 1 aromatic carbocycles. The van der Waals surface area contributed by atoms with Crippen molar-refractivity contribution in [3.63, 3.8) is 0 Å². The Morgan fingerprint density at radius 2 is 1.75 bits per heavy atom. The van der Waals surface area contributed by atoms with Crippen molar-refractivity contribution in [1.29, 1.82) is 0 Å². The van der Waals surface area contributed by atoms with Crippen molar-refractivity contribution < 1.29 is 14.2 Å². The van der Waals surface area contributed by atoms with E-state index in [-0.39, 0.29) is 0 Å². The molecule has 0 unspecified atom stereocenters. The number of ether oxygens (including phenoxy) is 3. The molecule has 0 saturated heterocycles. The second kappa shape index (κ2) is 6.80. The van der Waals surface area contributed by atoms with Crippen molar-refractivity contribution in [3.8, 4) is 28.5 Å². The first-order chi connectivity index (χ1) is 9.78. The summed E-state index contributed by atoms with van der Waals surface area (Å²) in [6.07, 6.45) is 1.72. The summed E-state index contributed by atoms with van der Waals surface area (Å²) in [7, 11) is 1.64. The van der Waals surface area contributed by atoms with Gasteiger partial charge in [0.2, 0.25) is 0 Å². The Hall–Kier alpha value is -2.23. The Kier molecular flexibility index (Phi) is 4.82. The molecule has 4 nitrogen and oxygen atoms in total. The largest absolute Gasteiger partial charge is 0.497 e. The lowest BCUT2D eigenvalue weighted by atomic mass is 10.1. The molecule has 0 amide bonds. The Labute approximate surface area is 119 Å². The van der Waals surface area contributed by atoms with Gasteiger partial charge in [-0.3, -0.25) is 4.98 Å². The number of hydrogen-bond donors (Lipinski definition) is 0. The number of nitrogens with zero attached hydrogens (tertiary/aromatic N) is 1. The molecular weight excluding hydrogens is 254 g/mol. The average molecular weight is 273 g/mol. The van der Waals surface area contributed by atoms with E-state index in [9.17, 15) is 0 Å². The zero-order chi connectivity index (χ0) is 14.4. The lowest BCUT2D eigenvalue weighted by Crippen LogP contribution is -1.98. The van der Waals surface area contributed by atoms with Crippen molar-refractivity contribution in [2.75, 3.05) is 20.3 Å². The minimum atomic E-state index is 0.590. The van der Waals surface area contributed by atoms with Crippen LogP contribution in [0, 0.1) is 0 Å². The maximum absolute atomic E-state index is 5.69. The van der Waals surface area contributed by atoms with Crippen LogP contribution in [-0.2, 0) is 0 Å². The van der Waals surface area contributed by atoms with Gasteiger partial charge in [-0.25, -0.2) is 0 Å². The fourth-order valence-corrected chi connectivity index (χ4v) is 1.93. The summed E-state index contributed by atoms with van der Waals surface area (Å²) < 4.78 is 16.4. The smallest absolute Gasteiger partial charge is 0.132 e. The Bertz CT molecular complexity index is 569. The molecule has 0 fully saturated rings. The van der Waals surface area contributed by atoms with Gasteiger partial charge in [0.25, 0.3) is 0 Å². The summed E-state index contributed by atoms with van der Waals surface area (Å²) >= 11 is 0. The number of methoxy groups -OCH3 is 1. The van der Waals surface area contributed by atoms with Crippen molar-refractivity contribution in [3.05, 3.63) is 36.5 Å². The lowest BCUT2D eigenvalue weighted by Gasteiger charge is -2.12. The standard InChI is InChI=1S/C16H19NO3/c1-4-19-13-6-7-14(16(11-13)20-5-2)15-10-12(18-3)8-9-17-15/h6-11H,4-5H2,1-3H3. The molecule has 20 heavy (non-hydrogen) atoms. The molecule has 0 radical (unpaired) electrons. The van der Waals surface area contributed by atoms with Gasteiger partial charge in [-0.15, -0.1) is 0 Å². The molecule has 0 saturated carbocycles. The molecular formula is C16H19NO3. The summed E-state index contributed by atoms with van der Waals surface area (Å²) in [4.78, 5) is 4.38. The first-order valence-electron chi connectivity index (χ1n) is 6.68. The van der Waals surface area contributed by atoms with Gasteiger partial charge in [0.15, 0.2) is 0 Å². The van der Waals surface area contributed by atoms with E-state index in [0.29, 0.717) is 13.2 Å². The van der Waals surface area contributed by atoms with Crippen LogP contribution in [0.25, 0.3) is 11.3 Å². The van der Waals surface area contributed by atoms with Gasteiger partial charge in [0, 0.05) is 23.9 Å². The molecule has 0 aliphatic heterocycles. The molecule has 4 heteroatoms. The molecule has 0 aliphatic carbocycles. The topological polar surface area (TPSA) is 40.6 Å².